The van der Waals surface area contributed by atoms with Crippen molar-refractivity contribution < 1.29 is 4.79 Å². The summed E-state index contributed by atoms with van der Waals surface area (Å²) < 4.78 is 0. The van der Waals surface area contributed by atoms with E-state index in [1.165, 1.54) is 0 Å². The molecule has 1 aliphatic heterocycles. The summed E-state index contributed by atoms with van der Waals surface area (Å²) >= 11 is 1.64. The minimum atomic E-state index is -0.191. The highest BCUT2D eigenvalue weighted by Gasteiger charge is 2.28. The molecule has 0 radical (unpaired) electrons. The van der Waals surface area contributed by atoms with Gasteiger partial charge in [0.15, 0.2) is 0 Å². The first-order valence-electron chi connectivity index (χ1n) is 6.72. The van der Waals surface area contributed by atoms with Crippen LogP contribution in [0.3, 0.4) is 0 Å². The number of hydrogen-bond donors (Lipinski definition) is 1. The number of rotatable bonds is 1. The number of carbonyl (C=O) groups excluding carboxylic acids is 1. The number of piperidine rings is 1. The quantitative estimate of drug-likeness (QED) is 0.861. The topological polar surface area (TPSA) is 58.1 Å². The van der Waals surface area contributed by atoms with E-state index in [-0.39, 0.29) is 11.6 Å². The third-order valence-corrected chi connectivity index (χ3v) is 4.08. The van der Waals surface area contributed by atoms with E-state index in [2.05, 4.69) is 15.5 Å². The largest absolute Gasteiger partial charge is 0.333 e. The van der Waals surface area contributed by atoms with Crippen molar-refractivity contribution in [2.45, 2.75) is 52.0 Å². The molecular formula is C13H22N4OS. The third-order valence-electron chi connectivity index (χ3n) is 3.08. The van der Waals surface area contributed by atoms with E-state index in [0.717, 1.165) is 35.9 Å². The highest BCUT2D eigenvalue weighted by molar-refractivity contribution is 7.11. The van der Waals surface area contributed by atoms with Crippen LogP contribution in [-0.4, -0.2) is 39.8 Å². The Bertz CT molecular complexity index is 452. The van der Waals surface area contributed by atoms with Gasteiger partial charge < -0.3 is 10.2 Å². The van der Waals surface area contributed by atoms with E-state index in [9.17, 15) is 4.79 Å². The Balaban J connectivity index is 1.99. The van der Waals surface area contributed by atoms with E-state index >= 15 is 0 Å². The van der Waals surface area contributed by atoms with Gasteiger partial charge >= 0.3 is 6.03 Å². The summed E-state index contributed by atoms with van der Waals surface area (Å²) in [6, 6.07) is 0.0263. The molecule has 1 aromatic rings. The van der Waals surface area contributed by atoms with Crippen LogP contribution in [-0.2, 0) is 0 Å². The van der Waals surface area contributed by atoms with Crippen molar-refractivity contribution in [1.82, 2.24) is 20.4 Å². The molecule has 6 heteroatoms. The number of nitrogens with one attached hydrogen (secondary N) is 1. The normalized spacial score (nSPS) is 20.4. The lowest BCUT2D eigenvalue weighted by Crippen LogP contribution is -2.51. The first-order valence-corrected chi connectivity index (χ1v) is 7.54. The maximum Gasteiger partial charge on any atom is 0.317 e. The van der Waals surface area contributed by atoms with Crippen LogP contribution >= 0.6 is 11.3 Å². The third kappa shape index (κ3) is 3.89. The Kier molecular flexibility index (Phi) is 4.08. The van der Waals surface area contributed by atoms with Crippen molar-refractivity contribution in [2.75, 3.05) is 13.1 Å². The van der Waals surface area contributed by atoms with Crippen molar-refractivity contribution in [3.05, 3.63) is 10.0 Å². The second-order valence-electron chi connectivity index (χ2n) is 6.12. The lowest BCUT2D eigenvalue weighted by Gasteiger charge is -2.34. The lowest BCUT2D eigenvalue weighted by molar-refractivity contribution is 0.171. The summed E-state index contributed by atoms with van der Waals surface area (Å²) in [7, 11) is 0. The summed E-state index contributed by atoms with van der Waals surface area (Å²) in [5.74, 6) is 0.339. The maximum absolute atomic E-state index is 12.2. The molecule has 1 atom stereocenters. The molecule has 1 N–H and O–H groups in total. The van der Waals surface area contributed by atoms with Crippen molar-refractivity contribution in [3.8, 4) is 0 Å². The van der Waals surface area contributed by atoms with Gasteiger partial charge in [0.1, 0.15) is 10.0 Å². The molecule has 5 nitrogen and oxygen atoms in total. The molecule has 0 aromatic carbocycles. The van der Waals surface area contributed by atoms with Crippen LogP contribution in [0.1, 0.15) is 49.5 Å². The maximum atomic E-state index is 12.2. The molecule has 19 heavy (non-hydrogen) atoms. The van der Waals surface area contributed by atoms with Gasteiger partial charge in [0.2, 0.25) is 0 Å². The fraction of sp³-hybridized carbons (Fsp3) is 0.769. The minimum absolute atomic E-state index is 0.0263. The number of hydrogen-bond acceptors (Lipinski definition) is 4. The van der Waals surface area contributed by atoms with Gasteiger partial charge in [-0.15, -0.1) is 21.5 Å². The number of aryl methyl sites for hydroxylation is 1. The predicted octanol–water partition coefficient (Wildman–Crippen LogP) is 2.53. The molecule has 2 rings (SSSR count). The Morgan fingerprint density at radius 1 is 1.42 bits per heavy atom. The average molecular weight is 282 g/mol. The number of aromatic nitrogens is 2. The van der Waals surface area contributed by atoms with E-state index in [1.807, 2.05) is 32.6 Å². The molecule has 0 saturated carbocycles. The molecule has 1 aliphatic rings. The van der Waals surface area contributed by atoms with Crippen molar-refractivity contribution >= 4 is 17.4 Å². The minimum Gasteiger partial charge on any atom is -0.333 e. The van der Waals surface area contributed by atoms with Crippen LogP contribution in [0.15, 0.2) is 0 Å². The highest BCUT2D eigenvalue weighted by Crippen LogP contribution is 2.28. The van der Waals surface area contributed by atoms with E-state index in [4.69, 9.17) is 0 Å². The number of amides is 2. The van der Waals surface area contributed by atoms with Crippen LogP contribution in [0.5, 0.6) is 0 Å². The van der Waals surface area contributed by atoms with Gasteiger partial charge in [0.25, 0.3) is 0 Å². The first-order chi connectivity index (χ1) is 8.85. The summed E-state index contributed by atoms with van der Waals surface area (Å²) in [6.45, 7) is 9.54. The number of likely N-dealkylation sites (tertiary alicyclic amines) is 1. The Morgan fingerprint density at radius 3 is 2.74 bits per heavy atom. The van der Waals surface area contributed by atoms with Gasteiger partial charge in [-0.2, -0.15) is 0 Å². The standard InChI is InChI=1S/C13H22N4OS/c1-9-15-16-11(19-9)10-6-5-7-17(8-10)12(18)14-13(2,3)4/h10H,5-8H2,1-4H3,(H,14,18). The van der Waals surface area contributed by atoms with Gasteiger partial charge in [0, 0.05) is 24.5 Å². The molecule has 2 heterocycles. The lowest BCUT2D eigenvalue weighted by atomic mass is 9.99. The van der Waals surface area contributed by atoms with Crippen molar-refractivity contribution in [2.24, 2.45) is 0 Å². The van der Waals surface area contributed by atoms with E-state index in [1.54, 1.807) is 11.3 Å². The average Bonchev–Trinajstić information content (AvgIpc) is 2.74. The summed E-state index contributed by atoms with van der Waals surface area (Å²) in [6.07, 6.45) is 2.12. The predicted molar refractivity (Wildman–Crippen MR) is 76.5 cm³/mol. The summed E-state index contributed by atoms with van der Waals surface area (Å²) in [5, 5.41) is 13.4. The van der Waals surface area contributed by atoms with Crippen LogP contribution in [0.25, 0.3) is 0 Å². The molecule has 1 unspecified atom stereocenters. The fourth-order valence-corrected chi connectivity index (χ4v) is 3.06. The number of carbonyl (C=O) groups is 1. The number of urea groups is 1. The molecule has 0 spiro atoms. The molecule has 2 amide bonds. The van der Waals surface area contributed by atoms with Crippen molar-refractivity contribution in [1.29, 1.82) is 0 Å². The zero-order valence-corrected chi connectivity index (χ0v) is 12.9. The van der Waals surface area contributed by atoms with Crippen LogP contribution in [0, 0.1) is 6.92 Å². The van der Waals surface area contributed by atoms with Gasteiger partial charge in [-0.25, -0.2) is 4.79 Å². The first kappa shape index (κ1) is 14.2. The zero-order valence-electron chi connectivity index (χ0n) is 12.1. The molecule has 106 valence electrons. The van der Waals surface area contributed by atoms with Crippen LogP contribution in [0.2, 0.25) is 0 Å². The second kappa shape index (κ2) is 5.45. The molecule has 1 saturated heterocycles. The molecule has 0 bridgehead atoms. The fourth-order valence-electron chi connectivity index (χ4n) is 2.24. The van der Waals surface area contributed by atoms with Gasteiger partial charge in [-0.1, -0.05) is 0 Å². The smallest absolute Gasteiger partial charge is 0.317 e. The molecule has 0 aliphatic carbocycles. The second-order valence-corrected chi connectivity index (χ2v) is 7.34. The number of nitrogens with zero attached hydrogens (tertiary/aromatic N) is 3. The van der Waals surface area contributed by atoms with Crippen LogP contribution < -0.4 is 5.32 Å². The summed E-state index contributed by atoms with van der Waals surface area (Å²) in [4.78, 5) is 14.1. The summed E-state index contributed by atoms with van der Waals surface area (Å²) in [5.41, 5.74) is -0.191. The SMILES string of the molecule is Cc1nnc(C2CCCN(C(=O)NC(C)(C)C)C2)s1. The van der Waals surface area contributed by atoms with Gasteiger partial charge in [-0.05, 0) is 40.5 Å². The van der Waals surface area contributed by atoms with Crippen molar-refractivity contribution in [3.63, 3.8) is 0 Å². The Hall–Kier alpha value is -1.17. The van der Waals surface area contributed by atoms with Gasteiger partial charge in [0.05, 0.1) is 0 Å². The highest BCUT2D eigenvalue weighted by atomic mass is 32.1. The monoisotopic (exact) mass is 282 g/mol. The van der Waals surface area contributed by atoms with E-state index < -0.39 is 0 Å². The Morgan fingerprint density at radius 2 is 2.16 bits per heavy atom. The zero-order chi connectivity index (χ0) is 14.0. The molecular weight excluding hydrogens is 260 g/mol. The molecule has 1 fully saturated rings. The Labute approximate surface area is 118 Å². The van der Waals surface area contributed by atoms with Gasteiger partial charge in [-0.3, -0.25) is 0 Å². The molecule has 1 aromatic heterocycles. The van der Waals surface area contributed by atoms with E-state index in [0.29, 0.717) is 5.92 Å². The van der Waals surface area contributed by atoms with Crippen LogP contribution in [0.4, 0.5) is 4.79 Å².